The first-order valence-electron chi connectivity index (χ1n) is 10.5. The molecule has 4 nitrogen and oxygen atoms in total. The molecular formula is C24H26BrN3OS. The molecule has 1 fully saturated rings. The molecule has 1 aromatic carbocycles. The lowest BCUT2D eigenvalue weighted by Gasteiger charge is -2.15. The van der Waals surface area contributed by atoms with Crippen molar-refractivity contribution in [1.29, 1.82) is 0 Å². The minimum absolute atomic E-state index is 0.0123. The fraction of sp³-hybridized carbons (Fsp3) is 0.375. The fourth-order valence-electron chi connectivity index (χ4n) is 4.43. The van der Waals surface area contributed by atoms with Crippen LogP contribution >= 0.6 is 27.3 Å². The molecule has 0 spiro atoms. The van der Waals surface area contributed by atoms with Crippen LogP contribution in [-0.4, -0.2) is 21.8 Å². The van der Waals surface area contributed by atoms with Crippen molar-refractivity contribution < 1.29 is 4.79 Å². The van der Waals surface area contributed by atoms with Crippen molar-refractivity contribution in [3.05, 3.63) is 74.3 Å². The Hall–Kier alpha value is -2.05. The summed E-state index contributed by atoms with van der Waals surface area (Å²) in [7, 11) is 0. The lowest BCUT2D eigenvalue weighted by molar-refractivity contribution is 0.104. The Labute approximate surface area is 190 Å². The molecule has 30 heavy (non-hydrogen) atoms. The highest BCUT2D eigenvalue weighted by Crippen LogP contribution is 2.35. The van der Waals surface area contributed by atoms with Crippen LogP contribution in [0.1, 0.15) is 59.5 Å². The Morgan fingerprint density at radius 1 is 1.27 bits per heavy atom. The minimum atomic E-state index is -0.0123. The van der Waals surface area contributed by atoms with Crippen molar-refractivity contribution in [3.8, 4) is 0 Å². The average Bonchev–Trinajstić information content (AvgIpc) is 3.34. The second-order valence-electron chi connectivity index (χ2n) is 8.20. The Morgan fingerprint density at radius 2 is 2.13 bits per heavy atom. The number of halogens is 1. The molecule has 0 unspecified atom stereocenters. The monoisotopic (exact) mass is 483 g/mol. The molecule has 6 heteroatoms. The number of rotatable bonds is 7. The molecule has 1 aliphatic rings. The summed E-state index contributed by atoms with van der Waals surface area (Å²) in [5.41, 5.74) is 2.91. The standard InChI is InChI=1S/C24H26BrN3OS/c1-3-18-11-20(7-15(18)2)28-24-21(12-26-14-27-24)23(29)22-10-17(13-30-22)8-16-5-4-6-19(25)9-16/h4-6,9-10,12-15,18,20H,3,7-8,11H2,1-2H3,(H,26,27,28)/t15-,18-,20-/m0/s1. The molecule has 0 aliphatic heterocycles. The molecule has 3 aromatic rings. The van der Waals surface area contributed by atoms with Gasteiger partial charge in [-0.2, -0.15) is 0 Å². The summed E-state index contributed by atoms with van der Waals surface area (Å²) in [6, 6.07) is 10.6. The number of hydrogen-bond donors (Lipinski definition) is 1. The van der Waals surface area contributed by atoms with Crippen molar-refractivity contribution >= 4 is 38.9 Å². The summed E-state index contributed by atoms with van der Waals surface area (Å²) in [5, 5.41) is 5.60. The van der Waals surface area contributed by atoms with Gasteiger partial charge in [0.15, 0.2) is 0 Å². The Balaban J connectivity index is 1.50. The highest BCUT2D eigenvalue weighted by Gasteiger charge is 2.31. The number of thiophene rings is 1. The fourth-order valence-corrected chi connectivity index (χ4v) is 5.74. The van der Waals surface area contributed by atoms with Gasteiger partial charge in [-0.15, -0.1) is 11.3 Å². The molecule has 156 valence electrons. The molecule has 0 radical (unpaired) electrons. The van der Waals surface area contributed by atoms with E-state index < -0.39 is 0 Å². The van der Waals surface area contributed by atoms with Crippen LogP contribution in [0.5, 0.6) is 0 Å². The first kappa shape index (κ1) is 21.2. The van der Waals surface area contributed by atoms with E-state index in [1.807, 2.05) is 18.2 Å². The number of benzene rings is 1. The Bertz CT molecular complexity index is 1030. The van der Waals surface area contributed by atoms with E-state index >= 15 is 0 Å². The van der Waals surface area contributed by atoms with Gasteiger partial charge in [0.05, 0.1) is 10.4 Å². The zero-order chi connectivity index (χ0) is 21.1. The second kappa shape index (κ2) is 9.40. The van der Waals surface area contributed by atoms with Crippen molar-refractivity contribution in [1.82, 2.24) is 9.97 Å². The van der Waals surface area contributed by atoms with Crippen LogP contribution in [0, 0.1) is 11.8 Å². The molecule has 2 aromatic heterocycles. The third-order valence-corrected chi connectivity index (χ3v) is 7.52. The maximum atomic E-state index is 13.2. The zero-order valence-corrected chi connectivity index (χ0v) is 19.7. The van der Waals surface area contributed by atoms with Gasteiger partial charge in [0, 0.05) is 16.7 Å². The molecule has 3 atom stereocenters. The predicted molar refractivity (Wildman–Crippen MR) is 126 cm³/mol. The van der Waals surface area contributed by atoms with Crippen LogP contribution in [-0.2, 0) is 6.42 Å². The summed E-state index contributed by atoms with van der Waals surface area (Å²) >= 11 is 5.00. The predicted octanol–water partition coefficient (Wildman–Crippen LogP) is 6.36. The highest BCUT2D eigenvalue weighted by molar-refractivity contribution is 9.10. The molecule has 0 bridgehead atoms. The Kier molecular flexibility index (Phi) is 6.64. The summed E-state index contributed by atoms with van der Waals surface area (Å²) < 4.78 is 1.07. The van der Waals surface area contributed by atoms with E-state index in [1.165, 1.54) is 29.6 Å². The number of nitrogens with one attached hydrogen (secondary N) is 1. The van der Waals surface area contributed by atoms with Gasteiger partial charge in [-0.05, 0) is 65.8 Å². The molecule has 4 rings (SSSR count). The largest absolute Gasteiger partial charge is 0.367 e. The summed E-state index contributed by atoms with van der Waals surface area (Å²) in [6.45, 7) is 4.58. The van der Waals surface area contributed by atoms with Crippen molar-refractivity contribution in [2.45, 2.75) is 45.6 Å². The van der Waals surface area contributed by atoms with Crippen LogP contribution in [0.25, 0.3) is 0 Å². The maximum absolute atomic E-state index is 13.2. The number of anilines is 1. The summed E-state index contributed by atoms with van der Waals surface area (Å²) in [5.74, 6) is 2.08. The number of nitrogens with zero attached hydrogens (tertiary/aromatic N) is 2. The molecule has 1 N–H and O–H groups in total. The third-order valence-electron chi connectivity index (χ3n) is 6.05. The van der Waals surface area contributed by atoms with E-state index in [0.29, 0.717) is 23.3 Å². The van der Waals surface area contributed by atoms with Crippen LogP contribution in [0.3, 0.4) is 0 Å². The van der Waals surface area contributed by atoms with Crippen LogP contribution in [0.4, 0.5) is 5.82 Å². The quantitative estimate of drug-likeness (QED) is 0.397. The van der Waals surface area contributed by atoms with Crippen LogP contribution < -0.4 is 5.32 Å². The van der Waals surface area contributed by atoms with Crippen LogP contribution in [0.15, 0.2) is 52.7 Å². The number of carbonyl (C=O) groups excluding carboxylic acids is 1. The topological polar surface area (TPSA) is 54.9 Å². The first-order chi connectivity index (χ1) is 14.5. The number of hydrogen-bond acceptors (Lipinski definition) is 5. The van der Waals surface area contributed by atoms with Gasteiger partial charge >= 0.3 is 0 Å². The van der Waals surface area contributed by atoms with E-state index in [9.17, 15) is 4.79 Å². The zero-order valence-electron chi connectivity index (χ0n) is 17.3. The lowest BCUT2D eigenvalue weighted by atomic mass is 9.96. The van der Waals surface area contributed by atoms with E-state index in [-0.39, 0.29) is 5.78 Å². The van der Waals surface area contributed by atoms with E-state index in [2.05, 4.69) is 62.6 Å². The lowest BCUT2D eigenvalue weighted by Crippen LogP contribution is -2.19. The normalized spacial score (nSPS) is 21.0. The summed E-state index contributed by atoms with van der Waals surface area (Å²) in [4.78, 5) is 22.5. The van der Waals surface area contributed by atoms with Gasteiger partial charge in [-0.25, -0.2) is 9.97 Å². The van der Waals surface area contributed by atoms with E-state index in [0.717, 1.165) is 40.1 Å². The SMILES string of the molecule is CC[C@H]1C[C@@H](Nc2ncncc2C(=O)c2cc(Cc3cccc(Br)c3)cs2)C[C@@H]1C. The van der Waals surface area contributed by atoms with Gasteiger partial charge in [-0.3, -0.25) is 4.79 Å². The maximum Gasteiger partial charge on any atom is 0.208 e. The molecule has 2 heterocycles. The molecule has 1 saturated carbocycles. The van der Waals surface area contributed by atoms with Crippen LogP contribution in [0.2, 0.25) is 0 Å². The second-order valence-corrected chi connectivity index (χ2v) is 10.0. The van der Waals surface area contributed by atoms with Gasteiger partial charge in [0.1, 0.15) is 12.1 Å². The Morgan fingerprint density at radius 3 is 2.90 bits per heavy atom. The minimum Gasteiger partial charge on any atom is -0.367 e. The van der Waals surface area contributed by atoms with Gasteiger partial charge in [0.25, 0.3) is 0 Å². The average molecular weight is 484 g/mol. The molecule has 0 amide bonds. The van der Waals surface area contributed by atoms with E-state index in [4.69, 9.17) is 0 Å². The molecule has 1 aliphatic carbocycles. The third kappa shape index (κ3) is 4.81. The van der Waals surface area contributed by atoms with Crippen molar-refractivity contribution in [3.63, 3.8) is 0 Å². The first-order valence-corrected chi connectivity index (χ1v) is 12.1. The van der Waals surface area contributed by atoms with Gasteiger partial charge < -0.3 is 5.32 Å². The van der Waals surface area contributed by atoms with Gasteiger partial charge in [0.2, 0.25) is 5.78 Å². The number of aromatic nitrogens is 2. The van der Waals surface area contributed by atoms with Gasteiger partial charge in [-0.1, -0.05) is 48.3 Å². The van der Waals surface area contributed by atoms with Crippen molar-refractivity contribution in [2.75, 3.05) is 5.32 Å². The number of ketones is 1. The highest BCUT2D eigenvalue weighted by atomic mass is 79.9. The number of carbonyl (C=O) groups is 1. The van der Waals surface area contributed by atoms with E-state index in [1.54, 1.807) is 6.20 Å². The summed E-state index contributed by atoms with van der Waals surface area (Å²) in [6.07, 6.45) is 7.41. The van der Waals surface area contributed by atoms with Crippen molar-refractivity contribution in [2.24, 2.45) is 11.8 Å². The smallest absolute Gasteiger partial charge is 0.208 e. The molecular weight excluding hydrogens is 458 g/mol. The molecule has 0 saturated heterocycles.